The summed E-state index contributed by atoms with van der Waals surface area (Å²) in [6.45, 7) is 3.09. The highest BCUT2D eigenvalue weighted by Gasteiger charge is 2.28. The van der Waals surface area contributed by atoms with Gasteiger partial charge in [0.1, 0.15) is 0 Å². The maximum atomic E-state index is 12.6. The maximum Gasteiger partial charge on any atom is 0.243 e. The molecule has 1 aromatic rings. The van der Waals surface area contributed by atoms with Crippen LogP contribution in [0.25, 0.3) is 0 Å². The zero-order valence-corrected chi connectivity index (χ0v) is 13.6. The van der Waals surface area contributed by atoms with Crippen molar-refractivity contribution in [2.75, 3.05) is 31.6 Å². The number of aliphatic hydroxyl groups excluding tert-OH is 2. The largest absolute Gasteiger partial charge is 0.394 e. The van der Waals surface area contributed by atoms with Gasteiger partial charge in [0.05, 0.1) is 17.6 Å². The summed E-state index contributed by atoms with van der Waals surface area (Å²) in [5, 5.41) is 21.1. The molecule has 1 saturated heterocycles. The normalized spacial score (nSPS) is 19.0. The fraction of sp³-hybridized carbons (Fsp3) is 0.600. The lowest BCUT2D eigenvalue weighted by atomic mass is 10.0. The van der Waals surface area contributed by atoms with Crippen molar-refractivity contribution in [1.29, 1.82) is 0 Å². The third-order valence-electron chi connectivity index (χ3n) is 3.97. The lowest BCUT2D eigenvalue weighted by molar-refractivity contribution is 0.105. The number of nitrogens with zero attached hydrogens (tertiary/aromatic N) is 1. The number of aliphatic hydroxyl groups is 2. The molecule has 7 heteroatoms. The minimum atomic E-state index is -3.47. The molecule has 0 amide bonds. The Bertz CT molecular complexity index is 583. The first-order valence-electron chi connectivity index (χ1n) is 7.56. The van der Waals surface area contributed by atoms with Gasteiger partial charge in [-0.1, -0.05) is 13.0 Å². The average Bonchev–Trinajstić information content (AvgIpc) is 2.53. The van der Waals surface area contributed by atoms with Crippen LogP contribution in [-0.2, 0) is 10.0 Å². The van der Waals surface area contributed by atoms with Crippen LogP contribution < -0.4 is 5.32 Å². The topological polar surface area (TPSA) is 89.9 Å². The van der Waals surface area contributed by atoms with Gasteiger partial charge in [-0.05, 0) is 37.0 Å². The second-order valence-electron chi connectivity index (χ2n) is 5.83. The third-order valence-corrected chi connectivity index (χ3v) is 5.86. The van der Waals surface area contributed by atoms with Crippen LogP contribution >= 0.6 is 0 Å². The summed E-state index contributed by atoms with van der Waals surface area (Å²) in [6, 6.07) is 6.56. The fourth-order valence-corrected chi connectivity index (χ4v) is 3.96. The smallest absolute Gasteiger partial charge is 0.243 e. The molecule has 0 saturated carbocycles. The number of rotatable bonds is 6. The SMILES string of the molecule is CC1CCN(S(=O)(=O)c2cccc(NCC(O)CO)c2)CC1. The van der Waals surface area contributed by atoms with Crippen molar-refractivity contribution in [2.45, 2.75) is 30.8 Å². The van der Waals surface area contributed by atoms with E-state index in [0.717, 1.165) is 12.8 Å². The van der Waals surface area contributed by atoms with E-state index >= 15 is 0 Å². The Labute approximate surface area is 131 Å². The quantitative estimate of drug-likeness (QED) is 0.721. The minimum absolute atomic E-state index is 0.168. The second-order valence-corrected chi connectivity index (χ2v) is 7.77. The highest BCUT2D eigenvalue weighted by atomic mass is 32.2. The molecule has 6 nitrogen and oxygen atoms in total. The van der Waals surface area contributed by atoms with E-state index in [2.05, 4.69) is 12.2 Å². The Hall–Kier alpha value is -1.15. The molecule has 22 heavy (non-hydrogen) atoms. The molecule has 0 bridgehead atoms. The van der Waals surface area contributed by atoms with Crippen LogP contribution in [0.15, 0.2) is 29.2 Å². The van der Waals surface area contributed by atoms with E-state index in [1.54, 1.807) is 24.3 Å². The van der Waals surface area contributed by atoms with E-state index in [9.17, 15) is 13.5 Å². The van der Waals surface area contributed by atoms with Crippen LogP contribution in [0.3, 0.4) is 0 Å². The first kappa shape index (κ1) is 17.2. The number of piperidine rings is 1. The standard InChI is InChI=1S/C15H24N2O4S/c1-12-5-7-17(8-6-12)22(20,21)15-4-2-3-13(9-15)16-10-14(19)11-18/h2-4,9,12,14,16,18-19H,5-8,10-11H2,1H3. The Morgan fingerprint density at radius 3 is 2.68 bits per heavy atom. The van der Waals surface area contributed by atoms with Gasteiger partial charge in [-0.2, -0.15) is 4.31 Å². The van der Waals surface area contributed by atoms with Crippen LogP contribution in [-0.4, -0.2) is 55.3 Å². The number of sulfonamides is 1. The summed E-state index contributed by atoms with van der Waals surface area (Å²) in [5.41, 5.74) is 0.610. The number of anilines is 1. The average molecular weight is 328 g/mol. The van der Waals surface area contributed by atoms with E-state index in [4.69, 9.17) is 5.11 Å². The molecule has 0 radical (unpaired) electrons. The van der Waals surface area contributed by atoms with Gasteiger partial charge in [-0.15, -0.1) is 0 Å². The summed E-state index contributed by atoms with van der Waals surface area (Å²) in [7, 11) is -3.47. The molecule has 1 heterocycles. The summed E-state index contributed by atoms with van der Waals surface area (Å²) in [5.74, 6) is 0.569. The molecule has 1 aliphatic rings. The Morgan fingerprint density at radius 2 is 2.05 bits per heavy atom. The van der Waals surface area contributed by atoms with Crippen molar-refractivity contribution >= 4 is 15.7 Å². The monoisotopic (exact) mass is 328 g/mol. The first-order chi connectivity index (χ1) is 10.4. The number of nitrogens with one attached hydrogen (secondary N) is 1. The van der Waals surface area contributed by atoms with Crippen molar-refractivity contribution in [2.24, 2.45) is 5.92 Å². The van der Waals surface area contributed by atoms with Gasteiger partial charge in [-0.25, -0.2) is 8.42 Å². The highest BCUT2D eigenvalue weighted by molar-refractivity contribution is 7.89. The van der Waals surface area contributed by atoms with Gasteiger partial charge in [0, 0.05) is 25.3 Å². The van der Waals surface area contributed by atoms with Gasteiger partial charge >= 0.3 is 0 Å². The maximum absolute atomic E-state index is 12.6. The molecular weight excluding hydrogens is 304 g/mol. The second kappa shape index (κ2) is 7.41. The summed E-state index contributed by atoms with van der Waals surface area (Å²) in [6.07, 6.45) is 0.906. The van der Waals surface area contributed by atoms with Gasteiger partial charge in [0.2, 0.25) is 10.0 Å². The van der Waals surface area contributed by atoms with E-state index in [-0.39, 0.29) is 18.0 Å². The van der Waals surface area contributed by atoms with E-state index in [1.165, 1.54) is 4.31 Å². The minimum Gasteiger partial charge on any atom is -0.394 e. The number of hydrogen-bond acceptors (Lipinski definition) is 5. The Balaban J connectivity index is 2.10. The molecule has 0 aliphatic carbocycles. The van der Waals surface area contributed by atoms with Crippen LogP contribution in [0, 0.1) is 5.92 Å². The predicted octanol–water partition coefficient (Wildman–Crippen LogP) is 0.872. The number of benzene rings is 1. The molecule has 3 N–H and O–H groups in total. The zero-order chi connectivity index (χ0) is 16.2. The van der Waals surface area contributed by atoms with E-state index in [0.29, 0.717) is 24.7 Å². The first-order valence-corrected chi connectivity index (χ1v) is 9.00. The lowest BCUT2D eigenvalue weighted by Gasteiger charge is -2.29. The van der Waals surface area contributed by atoms with Crippen molar-refractivity contribution < 1.29 is 18.6 Å². The molecule has 0 spiro atoms. The van der Waals surface area contributed by atoms with Crippen LogP contribution in [0.1, 0.15) is 19.8 Å². The predicted molar refractivity (Wildman–Crippen MR) is 85.2 cm³/mol. The summed E-state index contributed by atoms with van der Waals surface area (Å²) >= 11 is 0. The molecule has 1 fully saturated rings. The molecule has 1 atom stereocenters. The van der Waals surface area contributed by atoms with Crippen molar-refractivity contribution in [3.05, 3.63) is 24.3 Å². The Kier molecular flexibility index (Phi) is 5.80. The molecule has 1 aliphatic heterocycles. The van der Waals surface area contributed by atoms with Crippen molar-refractivity contribution in [3.63, 3.8) is 0 Å². The molecule has 2 rings (SSSR count). The molecule has 124 valence electrons. The fourth-order valence-electron chi connectivity index (χ4n) is 2.44. The highest BCUT2D eigenvalue weighted by Crippen LogP contribution is 2.24. The van der Waals surface area contributed by atoms with Gasteiger partial charge < -0.3 is 15.5 Å². The zero-order valence-electron chi connectivity index (χ0n) is 12.8. The van der Waals surface area contributed by atoms with Crippen LogP contribution in [0.4, 0.5) is 5.69 Å². The van der Waals surface area contributed by atoms with Gasteiger partial charge in [-0.3, -0.25) is 0 Å². The van der Waals surface area contributed by atoms with E-state index < -0.39 is 16.1 Å². The molecule has 1 unspecified atom stereocenters. The molecular formula is C15H24N2O4S. The van der Waals surface area contributed by atoms with Crippen molar-refractivity contribution in [1.82, 2.24) is 4.31 Å². The van der Waals surface area contributed by atoms with Gasteiger partial charge in [0.15, 0.2) is 0 Å². The van der Waals surface area contributed by atoms with E-state index in [1.807, 2.05) is 0 Å². The van der Waals surface area contributed by atoms with Crippen molar-refractivity contribution in [3.8, 4) is 0 Å². The Morgan fingerprint density at radius 1 is 1.36 bits per heavy atom. The van der Waals surface area contributed by atoms with Crippen LogP contribution in [0.2, 0.25) is 0 Å². The van der Waals surface area contributed by atoms with Crippen LogP contribution in [0.5, 0.6) is 0 Å². The molecule has 0 aromatic heterocycles. The molecule has 1 aromatic carbocycles. The van der Waals surface area contributed by atoms with Gasteiger partial charge in [0.25, 0.3) is 0 Å². The number of hydrogen-bond donors (Lipinski definition) is 3. The summed E-state index contributed by atoms with van der Waals surface area (Å²) < 4.78 is 26.8. The third kappa shape index (κ3) is 4.19. The lowest BCUT2D eigenvalue weighted by Crippen LogP contribution is -2.37. The summed E-state index contributed by atoms with van der Waals surface area (Å²) in [4.78, 5) is 0.255.